The molecule has 0 fully saturated rings. The fourth-order valence-electron chi connectivity index (χ4n) is 0.849. The van der Waals surface area contributed by atoms with Gasteiger partial charge in [0.25, 0.3) is 0 Å². The van der Waals surface area contributed by atoms with Crippen LogP contribution in [-0.2, 0) is 0 Å². The van der Waals surface area contributed by atoms with E-state index in [4.69, 9.17) is 23.2 Å². The lowest BCUT2D eigenvalue weighted by Crippen LogP contribution is -2.05. The highest BCUT2D eigenvalue weighted by atomic mass is 79.9. The molecule has 0 aromatic heterocycles. The van der Waals surface area contributed by atoms with E-state index >= 15 is 0 Å². The summed E-state index contributed by atoms with van der Waals surface area (Å²) in [6.45, 7) is 0. The van der Waals surface area contributed by atoms with E-state index in [0.717, 1.165) is 0 Å². The Hall–Kier alpha value is -0.120. The van der Waals surface area contributed by atoms with Gasteiger partial charge in [-0.2, -0.15) is 0 Å². The maximum absolute atomic E-state index is 13.3. The van der Waals surface area contributed by atoms with Gasteiger partial charge in [0.1, 0.15) is 0 Å². The summed E-state index contributed by atoms with van der Waals surface area (Å²) in [6, 6.07) is 2.87. The number of carbonyl (C=O) groups excluding carboxylic acids is 1. The summed E-state index contributed by atoms with van der Waals surface area (Å²) in [6.07, 6.45) is 0. The SMILES string of the molecule is O=C(CCl)c1c(Br)ccc(Cl)c1F. The molecular weight excluding hydrogens is 282 g/mol. The van der Waals surface area contributed by atoms with Crippen LogP contribution in [0.2, 0.25) is 5.02 Å². The van der Waals surface area contributed by atoms with Gasteiger partial charge >= 0.3 is 0 Å². The fourth-order valence-corrected chi connectivity index (χ4v) is 1.67. The molecule has 0 spiro atoms. The minimum absolute atomic E-state index is 0.0864. The first-order valence-electron chi connectivity index (χ1n) is 3.30. The highest BCUT2D eigenvalue weighted by molar-refractivity contribution is 9.10. The van der Waals surface area contributed by atoms with E-state index in [-0.39, 0.29) is 16.5 Å². The Balaban J connectivity index is 3.33. The Morgan fingerprint density at radius 1 is 1.54 bits per heavy atom. The molecule has 5 heteroatoms. The van der Waals surface area contributed by atoms with Crippen molar-refractivity contribution in [2.45, 2.75) is 0 Å². The van der Waals surface area contributed by atoms with Crippen LogP contribution in [0.3, 0.4) is 0 Å². The van der Waals surface area contributed by atoms with E-state index in [1.54, 1.807) is 0 Å². The molecule has 0 saturated heterocycles. The average molecular weight is 286 g/mol. The van der Waals surface area contributed by atoms with E-state index in [1.165, 1.54) is 12.1 Å². The van der Waals surface area contributed by atoms with Crippen molar-refractivity contribution in [1.82, 2.24) is 0 Å². The zero-order chi connectivity index (χ0) is 10.0. The lowest BCUT2D eigenvalue weighted by molar-refractivity contribution is 0.101. The quantitative estimate of drug-likeness (QED) is 0.460. The Bertz CT molecular complexity index is 354. The Labute approximate surface area is 93.0 Å². The van der Waals surface area contributed by atoms with Crippen LogP contribution in [0.15, 0.2) is 16.6 Å². The number of ketones is 1. The molecule has 0 heterocycles. The summed E-state index contributed by atoms with van der Waals surface area (Å²) in [5.41, 5.74) is -0.0949. The summed E-state index contributed by atoms with van der Waals surface area (Å²) >= 11 is 13.8. The summed E-state index contributed by atoms with van der Waals surface area (Å²) in [5, 5.41) is -0.0864. The Morgan fingerprint density at radius 2 is 2.15 bits per heavy atom. The van der Waals surface area contributed by atoms with Crippen molar-refractivity contribution in [2.24, 2.45) is 0 Å². The van der Waals surface area contributed by atoms with E-state index in [0.29, 0.717) is 4.47 Å². The van der Waals surface area contributed by atoms with Crippen molar-refractivity contribution in [3.8, 4) is 0 Å². The first-order chi connectivity index (χ1) is 6.07. The summed E-state index contributed by atoms with van der Waals surface area (Å²) < 4.78 is 13.6. The van der Waals surface area contributed by atoms with Crippen LogP contribution in [0.1, 0.15) is 10.4 Å². The molecule has 0 amide bonds. The molecule has 0 N–H and O–H groups in total. The third-order valence-electron chi connectivity index (χ3n) is 1.44. The molecule has 0 aliphatic rings. The predicted molar refractivity (Wildman–Crippen MR) is 54.2 cm³/mol. The van der Waals surface area contributed by atoms with E-state index in [2.05, 4.69) is 15.9 Å². The molecule has 1 aromatic rings. The average Bonchev–Trinajstić information content (AvgIpc) is 2.12. The number of alkyl halides is 1. The number of benzene rings is 1. The third kappa shape index (κ3) is 2.22. The normalized spacial score (nSPS) is 10.2. The number of hydrogen-bond donors (Lipinski definition) is 0. The summed E-state index contributed by atoms with van der Waals surface area (Å²) in [4.78, 5) is 11.1. The summed E-state index contributed by atoms with van der Waals surface area (Å²) in [7, 11) is 0. The lowest BCUT2D eigenvalue weighted by Gasteiger charge is -2.03. The van der Waals surface area contributed by atoms with E-state index < -0.39 is 11.6 Å². The highest BCUT2D eigenvalue weighted by Gasteiger charge is 2.16. The molecule has 0 aliphatic heterocycles. The molecule has 1 aromatic carbocycles. The van der Waals surface area contributed by atoms with Gasteiger partial charge in [-0.25, -0.2) is 4.39 Å². The minimum Gasteiger partial charge on any atom is -0.293 e. The molecule has 0 aliphatic carbocycles. The van der Waals surface area contributed by atoms with Crippen LogP contribution < -0.4 is 0 Å². The molecule has 0 bridgehead atoms. The van der Waals surface area contributed by atoms with Gasteiger partial charge in [-0.05, 0) is 28.1 Å². The zero-order valence-corrected chi connectivity index (χ0v) is 9.38. The number of rotatable bonds is 2. The maximum atomic E-state index is 13.3. The second kappa shape index (κ2) is 4.40. The van der Waals surface area contributed by atoms with Crippen LogP contribution in [0, 0.1) is 5.82 Å². The van der Waals surface area contributed by atoms with Crippen LogP contribution in [0.5, 0.6) is 0 Å². The first kappa shape index (κ1) is 11.0. The largest absolute Gasteiger partial charge is 0.293 e. The second-order valence-electron chi connectivity index (χ2n) is 2.27. The van der Waals surface area contributed by atoms with E-state index in [9.17, 15) is 9.18 Å². The predicted octanol–water partition coefficient (Wildman–Crippen LogP) is 3.66. The van der Waals surface area contributed by atoms with Gasteiger partial charge < -0.3 is 0 Å². The molecule has 1 nitrogen and oxygen atoms in total. The second-order valence-corrected chi connectivity index (χ2v) is 3.80. The number of hydrogen-bond acceptors (Lipinski definition) is 1. The van der Waals surface area contributed by atoms with Crippen molar-refractivity contribution >= 4 is 44.9 Å². The van der Waals surface area contributed by atoms with Crippen molar-refractivity contribution < 1.29 is 9.18 Å². The third-order valence-corrected chi connectivity index (χ3v) is 2.64. The molecule has 70 valence electrons. The minimum atomic E-state index is -0.735. The number of carbonyl (C=O) groups is 1. The first-order valence-corrected chi connectivity index (χ1v) is 5.01. The molecular formula is C8H4BrCl2FO. The summed E-state index contributed by atoms with van der Waals surface area (Å²) in [5.74, 6) is -1.49. The zero-order valence-electron chi connectivity index (χ0n) is 6.28. The van der Waals surface area contributed by atoms with Crippen molar-refractivity contribution in [2.75, 3.05) is 5.88 Å². The van der Waals surface area contributed by atoms with Crippen LogP contribution >= 0.6 is 39.1 Å². The lowest BCUT2D eigenvalue weighted by atomic mass is 10.1. The van der Waals surface area contributed by atoms with Gasteiger partial charge in [0.2, 0.25) is 0 Å². The van der Waals surface area contributed by atoms with Crippen molar-refractivity contribution in [3.05, 3.63) is 33.0 Å². The Kier molecular flexibility index (Phi) is 3.71. The van der Waals surface area contributed by atoms with Gasteiger partial charge in [0.05, 0.1) is 16.5 Å². The van der Waals surface area contributed by atoms with Crippen LogP contribution in [0.4, 0.5) is 4.39 Å². The Morgan fingerprint density at radius 3 is 2.69 bits per heavy atom. The molecule has 13 heavy (non-hydrogen) atoms. The van der Waals surface area contributed by atoms with Gasteiger partial charge in [-0.15, -0.1) is 11.6 Å². The topological polar surface area (TPSA) is 17.1 Å². The number of Topliss-reactive ketones (excluding diaryl/α,β-unsaturated/α-hetero) is 1. The van der Waals surface area contributed by atoms with E-state index in [1.807, 2.05) is 0 Å². The van der Waals surface area contributed by atoms with Crippen molar-refractivity contribution in [3.63, 3.8) is 0 Å². The van der Waals surface area contributed by atoms with Gasteiger partial charge in [-0.1, -0.05) is 11.6 Å². The number of halogens is 4. The van der Waals surface area contributed by atoms with Crippen molar-refractivity contribution in [1.29, 1.82) is 0 Å². The monoisotopic (exact) mass is 284 g/mol. The highest BCUT2D eigenvalue weighted by Crippen LogP contribution is 2.26. The van der Waals surface area contributed by atoms with Gasteiger partial charge in [-0.3, -0.25) is 4.79 Å². The van der Waals surface area contributed by atoms with Crippen LogP contribution in [-0.4, -0.2) is 11.7 Å². The van der Waals surface area contributed by atoms with Crippen LogP contribution in [0.25, 0.3) is 0 Å². The molecule has 0 unspecified atom stereocenters. The standard InChI is InChI=1S/C8H4BrCl2FO/c9-4-1-2-5(11)8(12)7(4)6(13)3-10/h1-2H,3H2. The molecule has 0 saturated carbocycles. The smallest absolute Gasteiger partial charge is 0.181 e. The van der Waals surface area contributed by atoms with Gasteiger partial charge in [0.15, 0.2) is 11.6 Å². The molecule has 0 radical (unpaired) electrons. The molecule has 1 rings (SSSR count). The fraction of sp³-hybridized carbons (Fsp3) is 0.125. The molecule has 0 atom stereocenters. The van der Waals surface area contributed by atoms with Gasteiger partial charge in [0, 0.05) is 4.47 Å². The maximum Gasteiger partial charge on any atom is 0.181 e.